The second kappa shape index (κ2) is 11.6. The number of aliphatic hydroxyl groups is 1. The first kappa shape index (κ1) is 29.3. The number of alkyl halides is 3. The monoisotopic (exact) mass is 584 g/mol. The van der Waals surface area contributed by atoms with Gasteiger partial charge in [-0.1, -0.05) is 6.07 Å². The molecule has 1 N–H and O–H groups in total. The molecule has 3 aromatic heterocycles. The van der Waals surface area contributed by atoms with Gasteiger partial charge in [-0.3, -0.25) is 9.69 Å². The summed E-state index contributed by atoms with van der Waals surface area (Å²) in [6, 6.07) is 9.38. The number of aliphatic hydroxyl groups excluding tert-OH is 1. The second-order valence-electron chi connectivity index (χ2n) is 10.1. The number of pyridine rings is 1. The molecule has 1 aromatic carbocycles. The minimum absolute atomic E-state index is 0.0248. The van der Waals surface area contributed by atoms with Gasteiger partial charge in [0.15, 0.2) is 11.3 Å². The smallest absolute Gasteiger partial charge is 0.433 e. The van der Waals surface area contributed by atoms with E-state index in [2.05, 4.69) is 15.1 Å². The van der Waals surface area contributed by atoms with E-state index in [4.69, 9.17) is 9.47 Å². The van der Waals surface area contributed by atoms with Gasteiger partial charge in [0.25, 0.3) is 5.91 Å². The molecule has 1 saturated heterocycles. The summed E-state index contributed by atoms with van der Waals surface area (Å²) in [5.41, 5.74) is -0.0289. The molecule has 1 fully saturated rings. The molecule has 222 valence electrons. The number of piperazine rings is 1. The van der Waals surface area contributed by atoms with Gasteiger partial charge in [-0.15, -0.1) is 0 Å². The standard InChI is InChI=1S/C29H31F3N6O4/c1-17-15-36(23(16-39)21-6-5-11-33-27(21)42-4)12-13-37(17)28(40)22-14-34-38-25(29(30,31)32)18(2)24(35-26(22)38)19-7-9-20(41-3)10-8-19/h5-11,14,17,23,39H,12-13,15-16H2,1-4H3/t17-,23?/m1/s1. The Hall–Kier alpha value is -4.23. The van der Waals surface area contributed by atoms with Crippen LogP contribution in [-0.2, 0) is 6.18 Å². The summed E-state index contributed by atoms with van der Waals surface area (Å²) in [7, 11) is 3.01. The molecule has 42 heavy (non-hydrogen) atoms. The van der Waals surface area contributed by atoms with Gasteiger partial charge < -0.3 is 19.5 Å². The number of amides is 1. The van der Waals surface area contributed by atoms with Crippen molar-refractivity contribution >= 4 is 11.6 Å². The number of nitrogens with zero attached hydrogens (tertiary/aromatic N) is 6. The van der Waals surface area contributed by atoms with Crippen LogP contribution in [0.3, 0.4) is 0 Å². The molecule has 0 aliphatic carbocycles. The molecular weight excluding hydrogens is 553 g/mol. The van der Waals surface area contributed by atoms with E-state index in [0.29, 0.717) is 34.8 Å². The van der Waals surface area contributed by atoms with E-state index in [1.165, 1.54) is 21.1 Å². The van der Waals surface area contributed by atoms with Crippen molar-refractivity contribution in [2.24, 2.45) is 0 Å². The lowest BCUT2D eigenvalue weighted by Crippen LogP contribution is -2.55. The molecule has 10 nitrogen and oxygen atoms in total. The van der Waals surface area contributed by atoms with Crippen LogP contribution in [0.1, 0.15) is 40.1 Å². The number of benzene rings is 1. The summed E-state index contributed by atoms with van der Waals surface area (Å²) >= 11 is 0. The molecule has 4 aromatic rings. The van der Waals surface area contributed by atoms with Crippen LogP contribution >= 0.6 is 0 Å². The van der Waals surface area contributed by atoms with E-state index in [1.54, 1.807) is 41.4 Å². The Morgan fingerprint density at radius 1 is 1.14 bits per heavy atom. The molecule has 4 heterocycles. The van der Waals surface area contributed by atoms with Gasteiger partial charge in [0, 0.05) is 48.6 Å². The zero-order valence-electron chi connectivity index (χ0n) is 23.6. The zero-order valence-corrected chi connectivity index (χ0v) is 23.6. The van der Waals surface area contributed by atoms with Crippen molar-refractivity contribution in [3.05, 3.63) is 71.2 Å². The van der Waals surface area contributed by atoms with Gasteiger partial charge in [-0.25, -0.2) is 14.5 Å². The third-order valence-electron chi connectivity index (χ3n) is 7.63. The Kier molecular flexibility index (Phi) is 8.06. The molecule has 1 aliphatic rings. The van der Waals surface area contributed by atoms with Crippen molar-refractivity contribution in [3.63, 3.8) is 0 Å². The number of ether oxygens (including phenoxy) is 2. The van der Waals surface area contributed by atoms with E-state index >= 15 is 0 Å². The highest BCUT2D eigenvalue weighted by Gasteiger charge is 2.40. The summed E-state index contributed by atoms with van der Waals surface area (Å²) in [6.45, 7) is 4.11. The van der Waals surface area contributed by atoms with Crippen molar-refractivity contribution in [3.8, 4) is 22.9 Å². The van der Waals surface area contributed by atoms with Crippen molar-refractivity contribution in [2.45, 2.75) is 32.1 Å². The number of methoxy groups -OCH3 is 2. The van der Waals surface area contributed by atoms with Crippen molar-refractivity contribution in [1.82, 2.24) is 29.4 Å². The number of hydrogen-bond acceptors (Lipinski definition) is 8. The van der Waals surface area contributed by atoms with E-state index in [9.17, 15) is 23.1 Å². The molecule has 1 unspecified atom stereocenters. The Bertz CT molecular complexity index is 1590. The summed E-state index contributed by atoms with van der Waals surface area (Å²) in [5, 5.41) is 14.2. The van der Waals surface area contributed by atoms with Crippen LogP contribution in [0.2, 0.25) is 0 Å². The van der Waals surface area contributed by atoms with Gasteiger partial charge in [0.1, 0.15) is 11.3 Å². The maximum Gasteiger partial charge on any atom is 0.433 e. The number of rotatable bonds is 7. The Morgan fingerprint density at radius 3 is 2.50 bits per heavy atom. The average molecular weight is 585 g/mol. The fraction of sp³-hybridized carbons (Fsp3) is 0.379. The third kappa shape index (κ3) is 5.25. The highest BCUT2D eigenvalue weighted by molar-refractivity contribution is 6.00. The summed E-state index contributed by atoms with van der Waals surface area (Å²) in [5.74, 6) is 0.484. The molecule has 5 rings (SSSR count). The molecule has 13 heteroatoms. The quantitative estimate of drug-likeness (QED) is 0.348. The third-order valence-corrected chi connectivity index (χ3v) is 7.63. The summed E-state index contributed by atoms with van der Waals surface area (Å²) in [4.78, 5) is 26.2. The van der Waals surface area contributed by atoms with Crippen LogP contribution in [-0.4, -0.2) is 86.9 Å². The molecule has 0 radical (unpaired) electrons. The van der Waals surface area contributed by atoms with Crippen LogP contribution < -0.4 is 9.47 Å². The van der Waals surface area contributed by atoms with Gasteiger partial charge >= 0.3 is 6.18 Å². The molecular formula is C29H31F3N6O4. The number of carbonyl (C=O) groups excluding carboxylic acids is 1. The maximum atomic E-state index is 14.3. The zero-order chi connectivity index (χ0) is 30.2. The first-order valence-electron chi connectivity index (χ1n) is 13.3. The molecule has 0 saturated carbocycles. The Morgan fingerprint density at radius 2 is 1.88 bits per heavy atom. The molecule has 1 amide bonds. The van der Waals surface area contributed by atoms with E-state index in [1.807, 2.05) is 17.9 Å². The van der Waals surface area contributed by atoms with Gasteiger partial charge in [0.05, 0.1) is 38.8 Å². The highest BCUT2D eigenvalue weighted by Crippen LogP contribution is 2.37. The minimum atomic E-state index is -4.75. The topological polar surface area (TPSA) is 105 Å². The lowest BCUT2D eigenvalue weighted by molar-refractivity contribution is -0.143. The second-order valence-corrected chi connectivity index (χ2v) is 10.1. The Labute approximate surface area is 240 Å². The van der Waals surface area contributed by atoms with Gasteiger partial charge in [0.2, 0.25) is 5.88 Å². The number of aromatic nitrogens is 4. The van der Waals surface area contributed by atoms with E-state index in [-0.39, 0.29) is 41.7 Å². The normalized spacial score (nSPS) is 17.0. The lowest BCUT2D eigenvalue weighted by Gasteiger charge is -2.43. The molecule has 1 aliphatic heterocycles. The van der Waals surface area contributed by atoms with Crippen molar-refractivity contribution < 1.29 is 32.5 Å². The predicted octanol–water partition coefficient (Wildman–Crippen LogP) is 4.02. The number of halogens is 3. The fourth-order valence-electron chi connectivity index (χ4n) is 5.55. The van der Waals surface area contributed by atoms with Crippen LogP contribution in [0.15, 0.2) is 48.8 Å². The van der Waals surface area contributed by atoms with Crippen LogP contribution in [0.25, 0.3) is 16.9 Å². The molecule has 0 spiro atoms. The number of hydrogen-bond donors (Lipinski definition) is 1. The number of carbonyl (C=O) groups is 1. The minimum Gasteiger partial charge on any atom is -0.497 e. The Balaban J connectivity index is 1.48. The average Bonchev–Trinajstić information content (AvgIpc) is 3.39. The van der Waals surface area contributed by atoms with Crippen molar-refractivity contribution in [2.75, 3.05) is 40.5 Å². The van der Waals surface area contributed by atoms with Gasteiger partial charge in [-0.05, 0) is 44.2 Å². The summed E-state index contributed by atoms with van der Waals surface area (Å²) < 4.78 is 54.2. The first-order valence-corrected chi connectivity index (χ1v) is 13.3. The van der Waals surface area contributed by atoms with Crippen LogP contribution in [0.4, 0.5) is 13.2 Å². The van der Waals surface area contributed by atoms with Crippen molar-refractivity contribution in [1.29, 1.82) is 0 Å². The first-order chi connectivity index (χ1) is 20.1. The number of fused-ring (bicyclic) bond motifs is 1. The fourth-order valence-corrected chi connectivity index (χ4v) is 5.55. The largest absolute Gasteiger partial charge is 0.497 e. The maximum absolute atomic E-state index is 14.3. The SMILES string of the molecule is COc1ccc(-c2nc3c(C(=O)N4CCN(C(CO)c5cccnc5OC)C[C@H]4C)cnn3c(C(F)(F)F)c2C)cc1. The van der Waals surface area contributed by atoms with Gasteiger partial charge in [-0.2, -0.15) is 18.3 Å². The van der Waals surface area contributed by atoms with Crippen LogP contribution in [0.5, 0.6) is 11.6 Å². The molecule has 0 bridgehead atoms. The summed E-state index contributed by atoms with van der Waals surface area (Å²) in [6.07, 6.45) is -2.00. The predicted molar refractivity (Wildman–Crippen MR) is 147 cm³/mol. The van der Waals surface area contributed by atoms with E-state index in [0.717, 1.165) is 11.8 Å². The van der Waals surface area contributed by atoms with E-state index < -0.39 is 23.8 Å². The highest BCUT2D eigenvalue weighted by atomic mass is 19.4. The van der Waals surface area contributed by atoms with Crippen LogP contribution in [0, 0.1) is 6.92 Å². The molecule has 2 atom stereocenters. The lowest BCUT2D eigenvalue weighted by atomic mass is 10.0.